The van der Waals surface area contributed by atoms with Gasteiger partial charge in [-0.2, -0.15) is 0 Å². The number of nitrogens with one attached hydrogen (secondary N) is 1. The standard InChI is InChI=1S/C14H23N.C2H6/c1-13(2)10-12-15-11-6-9-14-7-4-3-5-8-14;1-2/h3-5,7-8,13,15H,6,9-12H2,1-2H3;1-2H3. The van der Waals surface area contributed by atoms with Gasteiger partial charge in [0.05, 0.1) is 0 Å². The highest BCUT2D eigenvalue weighted by Crippen LogP contribution is 2.01. The summed E-state index contributed by atoms with van der Waals surface area (Å²) in [6.45, 7) is 10.8. The minimum absolute atomic E-state index is 0.812. The third-order valence-corrected chi connectivity index (χ3v) is 2.56. The third kappa shape index (κ3) is 10.1. The van der Waals surface area contributed by atoms with Crippen LogP contribution in [0.1, 0.15) is 46.1 Å². The van der Waals surface area contributed by atoms with Gasteiger partial charge in [0.15, 0.2) is 0 Å². The van der Waals surface area contributed by atoms with E-state index in [1.807, 2.05) is 13.8 Å². The van der Waals surface area contributed by atoms with Crippen molar-refractivity contribution in [2.45, 2.75) is 47.0 Å². The second kappa shape index (κ2) is 11.7. The maximum atomic E-state index is 3.49. The summed E-state index contributed by atoms with van der Waals surface area (Å²) in [6, 6.07) is 10.7. The van der Waals surface area contributed by atoms with E-state index >= 15 is 0 Å². The molecule has 0 radical (unpaired) electrons. The Morgan fingerprint density at radius 2 is 1.65 bits per heavy atom. The molecule has 0 saturated heterocycles. The lowest BCUT2D eigenvalue weighted by Gasteiger charge is -2.06. The Hall–Kier alpha value is -0.820. The second-order valence-corrected chi connectivity index (χ2v) is 4.52. The number of aryl methyl sites for hydroxylation is 1. The molecule has 0 aliphatic rings. The highest BCUT2D eigenvalue weighted by Gasteiger charge is 1.94. The normalized spacial score (nSPS) is 9.94. The van der Waals surface area contributed by atoms with Crippen molar-refractivity contribution in [3.05, 3.63) is 35.9 Å². The van der Waals surface area contributed by atoms with Gasteiger partial charge in [0.2, 0.25) is 0 Å². The van der Waals surface area contributed by atoms with E-state index in [-0.39, 0.29) is 0 Å². The van der Waals surface area contributed by atoms with Gasteiger partial charge in [0.1, 0.15) is 0 Å². The monoisotopic (exact) mass is 235 g/mol. The Kier molecular flexibility index (Phi) is 11.1. The minimum Gasteiger partial charge on any atom is -0.317 e. The first-order valence-electron chi connectivity index (χ1n) is 7.03. The van der Waals surface area contributed by atoms with E-state index < -0.39 is 0 Å². The van der Waals surface area contributed by atoms with Crippen molar-refractivity contribution in [3.63, 3.8) is 0 Å². The maximum absolute atomic E-state index is 3.49. The van der Waals surface area contributed by atoms with Crippen molar-refractivity contribution in [2.24, 2.45) is 5.92 Å². The van der Waals surface area contributed by atoms with E-state index in [1.54, 1.807) is 0 Å². The Balaban J connectivity index is 0.00000121. The summed E-state index contributed by atoms with van der Waals surface area (Å²) < 4.78 is 0. The van der Waals surface area contributed by atoms with Crippen LogP contribution in [0.3, 0.4) is 0 Å². The SMILES string of the molecule is CC.CC(C)CCNCCCc1ccccc1. The molecule has 1 aromatic rings. The van der Waals surface area contributed by atoms with E-state index in [1.165, 1.54) is 24.8 Å². The highest BCUT2D eigenvalue weighted by atomic mass is 14.8. The van der Waals surface area contributed by atoms with Crippen LogP contribution in [0.5, 0.6) is 0 Å². The summed E-state index contributed by atoms with van der Waals surface area (Å²) >= 11 is 0. The van der Waals surface area contributed by atoms with Crippen molar-refractivity contribution in [2.75, 3.05) is 13.1 Å². The summed E-state index contributed by atoms with van der Waals surface area (Å²) in [5.74, 6) is 0.812. The van der Waals surface area contributed by atoms with Crippen molar-refractivity contribution >= 4 is 0 Å². The summed E-state index contributed by atoms with van der Waals surface area (Å²) in [5, 5.41) is 3.49. The zero-order chi connectivity index (χ0) is 12.9. The Morgan fingerprint density at radius 1 is 1.00 bits per heavy atom. The highest BCUT2D eigenvalue weighted by molar-refractivity contribution is 5.14. The van der Waals surface area contributed by atoms with E-state index in [4.69, 9.17) is 0 Å². The van der Waals surface area contributed by atoms with Gasteiger partial charge in [-0.25, -0.2) is 0 Å². The molecule has 1 N–H and O–H groups in total. The molecule has 0 aliphatic heterocycles. The molecule has 0 unspecified atom stereocenters. The smallest absolute Gasteiger partial charge is 0.00457 e. The topological polar surface area (TPSA) is 12.0 Å². The molecule has 0 fully saturated rings. The van der Waals surface area contributed by atoms with Gasteiger partial charge in [0.25, 0.3) is 0 Å². The Morgan fingerprint density at radius 3 is 2.24 bits per heavy atom. The maximum Gasteiger partial charge on any atom is -0.00457 e. The molecular weight excluding hydrogens is 206 g/mol. The van der Waals surface area contributed by atoms with Gasteiger partial charge >= 0.3 is 0 Å². The lowest BCUT2D eigenvalue weighted by Crippen LogP contribution is -2.18. The van der Waals surface area contributed by atoms with Gasteiger partial charge in [-0.3, -0.25) is 0 Å². The van der Waals surface area contributed by atoms with Crippen LogP contribution in [0.4, 0.5) is 0 Å². The van der Waals surface area contributed by atoms with E-state index in [2.05, 4.69) is 49.5 Å². The molecule has 0 aromatic heterocycles. The molecule has 17 heavy (non-hydrogen) atoms. The Labute approximate surface area is 108 Å². The number of hydrogen-bond donors (Lipinski definition) is 1. The summed E-state index contributed by atoms with van der Waals surface area (Å²) in [4.78, 5) is 0. The van der Waals surface area contributed by atoms with Crippen LogP contribution in [0.25, 0.3) is 0 Å². The molecule has 0 spiro atoms. The summed E-state index contributed by atoms with van der Waals surface area (Å²) in [6.07, 6.45) is 3.71. The van der Waals surface area contributed by atoms with Crippen molar-refractivity contribution < 1.29 is 0 Å². The minimum atomic E-state index is 0.812. The van der Waals surface area contributed by atoms with E-state index in [0.29, 0.717) is 0 Å². The van der Waals surface area contributed by atoms with Crippen LogP contribution in [0, 0.1) is 5.92 Å². The van der Waals surface area contributed by atoms with Crippen LogP contribution in [-0.4, -0.2) is 13.1 Å². The van der Waals surface area contributed by atoms with Gasteiger partial charge in [-0.15, -0.1) is 0 Å². The zero-order valence-corrected chi connectivity index (χ0v) is 12.0. The molecular formula is C16H29N. The third-order valence-electron chi connectivity index (χ3n) is 2.56. The molecule has 1 aromatic carbocycles. The van der Waals surface area contributed by atoms with Crippen LogP contribution in [0.15, 0.2) is 30.3 Å². The summed E-state index contributed by atoms with van der Waals surface area (Å²) in [5.41, 5.74) is 1.45. The molecule has 0 amide bonds. The van der Waals surface area contributed by atoms with Gasteiger partial charge < -0.3 is 5.32 Å². The van der Waals surface area contributed by atoms with Crippen LogP contribution in [-0.2, 0) is 6.42 Å². The van der Waals surface area contributed by atoms with Crippen LogP contribution in [0.2, 0.25) is 0 Å². The molecule has 98 valence electrons. The fourth-order valence-corrected chi connectivity index (χ4v) is 1.58. The molecule has 0 bridgehead atoms. The quantitative estimate of drug-likeness (QED) is 0.696. The lowest BCUT2D eigenvalue weighted by molar-refractivity contribution is 0.532. The largest absolute Gasteiger partial charge is 0.317 e. The van der Waals surface area contributed by atoms with E-state index in [0.717, 1.165) is 19.0 Å². The van der Waals surface area contributed by atoms with Crippen molar-refractivity contribution in [1.29, 1.82) is 0 Å². The van der Waals surface area contributed by atoms with E-state index in [9.17, 15) is 0 Å². The molecule has 1 heteroatoms. The lowest BCUT2D eigenvalue weighted by atomic mass is 10.1. The van der Waals surface area contributed by atoms with Crippen LogP contribution >= 0.6 is 0 Å². The molecule has 0 aliphatic carbocycles. The number of hydrogen-bond acceptors (Lipinski definition) is 1. The first-order chi connectivity index (χ1) is 8.29. The average molecular weight is 235 g/mol. The molecule has 0 atom stereocenters. The van der Waals surface area contributed by atoms with Gasteiger partial charge in [-0.1, -0.05) is 58.0 Å². The number of rotatable bonds is 7. The fourth-order valence-electron chi connectivity index (χ4n) is 1.58. The zero-order valence-electron chi connectivity index (χ0n) is 12.0. The predicted molar refractivity (Wildman–Crippen MR) is 78.4 cm³/mol. The molecule has 1 rings (SSSR count). The summed E-state index contributed by atoms with van der Waals surface area (Å²) in [7, 11) is 0. The van der Waals surface area contributed by atoms with Crippen molar-refractivity contribution in [1.82, 2.24) is 5.32 Å². The molecule has 0 saturated carbocycles. The molecule has 1 nitrogen and oxygen atoms in total. The van der Waals surface area contributed by atoms with Crippen molar-refractivity contribution in [3.8, 4) is 0 Å². The second-order valence-electron chi connectivity index (χ2n) is 4.52. The number of benzene rings is 1. The fraction of sp³-hybridized carbons (Fsp3) is 0.625. The van der Waals surface area contributed by atoms with Gasteiger partial charge in [-0.05, 0) is 43.8 Å². The van der Waals surface area contributed by atoms with Gasteiger partial charge in [0, 0.05) is 0 Å². The first-order valence-corrected chi connectivity index (χ1v) is 7.03. The van der Waals surface area contributed by atoms with Crippen LogP contribution < -0.4 is 5.32 Å². The molecule has 0 heterocycles. The predicted octanol–water partition coefficient (Wildman–Crippen LogP) is 4.28. The Bertz CT molecular complexity index is 241. The first kappa shape index (κ1) is 16.2. The average Bonchev–Trinajstić information content (AvgIpc) is 2.37.